The molecule has 0 aliphatic heterocycles. The molecule has 0 aliphatic carbocycles. The van der Waals surface area contributed by atoms with Crippen LogP contribution in [-0.4, -0.2) is 33.9 Å². The molecule has 2 aromatic rings. The summed E-state index contributed by atoms with van der Waals surface area (Å²) < 4.78 is 30.8. The van der Waals surface area contributed by atoms with Crippen molar-refractivity contribution in [3.8, 4) is 0 Å². The number of anilines is 1. The molecular formula is C16H16N2O5S. The number of sulfonamides is 1. The SMILES string of the molecule is COC(=O)c1ccc(NC(=O)CNS(=O)(=O)c2ccccc2)cc1. The quantitative estimate of drug-likeness (QED) is 0.768. The number of nitrogens with one attached hydrogen (secondary N) is 2. The van der Waals surface area contributed by atoms with Gasteiger partial charge in [0.15, 0.2) is 0 Å². The maximum absolute atomic E-state index is 12.0. The first-order chi connectivity index (χ1) is 11.4. The molecule has 0 spiro atoms. The van der Waals surface area contributed by atoms with Crippen LogP contribution >= 0.6 is 0 Å². The van der Waals surface area contributed by atoms with Gasteiger partial charge in [-0.3, -0.25) is 4.79 Å². The number of carbonyl (C=O) groups is 2. The first-order valence-electron chi connectivity index (χ1n) is 6.95. The van der Waals surface area contributed by atoms with Crippen LogP contribution < -0.4 is 10.0 Å². The molecular weight excluding hydrogens is 332 g/mol. The summed E-state index contributed by atoms with van der Waals surface area (Å²) in [6.45, 7) is -0.407. The highest BCUT2D eigenvalue weighted by Crippen LogP contribution is 2.10. The Morgan fingerprint density at radius 3 is 2.21 bits per heavy atom. The number of amides is 1. The van der Waals surface area contributed by atoms with E-state index in [1.54, 1.807) is 18.2 Å². The zero-order valence-corrected chi connectivity index (χ0v) is 13.7. The van der Waals surface area contributed by atoms with Crippen LogP contribution in [0.1, 0.15) is 10.4 Å². The molecule has 126 valence electrons. The Kier molecular flexibility index (Phi) is 5.67. The van der Waals surface area contributed by atoms with Gasteiger partial charge in [0, 0.05) is 5.69 Å². The first-order valence-corrected chi connectivity index (χ1v) is 8.43. The van der Waals surface area contributed by atoms with Gasteiger partial charge in [0.1, 0.15) is 0 Å². The maximum Gasteiger partial charge on any atom is 0.337 e. The molecule has 0 aliphatic rings. The van der Waals surface area contributed by atoms with E-state index in [1.807, 2.05) is 0 Å². The van der Waals surface area contributed by atoms with Gasteiger partial charge in [0.2, 0.25) is 15.9 Å². The normalized spacial score (nSPS) is 10.9. The van der Waals surface area contributed by atoms with E-state index in [4.69, 9.17) is 0 Å². The fraction of sp³-hybridized carbons (Fsp3) is 0.125. The Balaban J connectivity index is 1.93. The summed E-state index contributed by atoms with van der Waals surface area (Å²) in [4.78, 5) is 23.2. The summed E-state index contributed by atoms with van der Waals surface area (Å²) in [5, 5.41) is 2.53. The average Bonchev–Trinajstić information content (AvgIpc) is 2.61. The van der Waals surface area contributed by atoms with Crippen LogP contribution in [0.25, 0.3) is 0 Å². The van der Waals surface area contributed by atoms with E-state index < -0.39 is 28.4 Å². The van der Waals surface area contributed by atoms with E-state index in [2.05, 4.69) is 14.8 Å². The Morgan fingerprint density at radius 1 is 1.00 bits per heavy atom. The highest BCUT2D eigenvalue weighted by molar-refractivity contribution is 7.89. The van der Waals surface area contributed by atoms with Crippen LogP contribution in [0.3, 0.4) is 0 Å². The lowest BCUT2D eigenvalue weighted by atomic mass is 10.2. The van der Waals surface area contributed by atoms with Crippen molar-refractivity contribution >= 4 is 27.6 Å². The van der Waals surface area contributed by atoms with Crippen LogP contribution in [0.4, 0.5) is 5.69 Å². The molecule has 0 unspecified atom stereocenters. The molecule has 0 heterocycles. The molecule has 0 fully saturated rings. The molecule has 0 saturated carbocycles. The third-order valence-electron chi connectivity index (χ3n) is 3.07. The number of benzene rings is 2. The first kappa shape index (κ1) is 17.6. The fourth-order valence-electron chi connectivity index (χ4n) is 1.86. The van der Waals surface area contributed by atoms with E-state index in [0.717, 1.165) is 0 Å². The fourth-order valence-corrected chi connectivity index (χ4v) is 2.86. The van der Waals surface area contributed by atoms with Crippen LogP contribution in [0.2, 0.25) is 0 Å². The van der Waals surface area contributed by atoms with Crippen molar-refractivity contribution < 1.29 is 22.7 Å². The molecule has 2 aromatic carbocycles. The van der Waals surface area contributed by atoms with E-state index in [0.29, 0.717) is 11.3 Å². The van der Waals surface area contributed by atoms with Gasteiger partial charge in [-0.25, -0.2) is 17.9 Å². The highest BCUT2D eigenvalue weighted by atomic mass is 32.2. The number of carbonyl (C=O) groups excluding carboxylic acids is 2. The number of methoxy groups -OCH3 is 1. The third-order valence-corrected chi connectivity index (χ3v) is 4.48. The number of esters is 1. The van der Waals surface area contributed by atoms with E-state index in [1.165, 1.54) is 43.5 Å². The lowest BCUT2D eigenvalue weighted by Crippen LogP contribution is -2.32. The highest BCUT2D eigenvalue weighted by Gasteiger charge is 2.15. The molecule has 8 heteroatoms. The predicted octanol–water partition coefficient (Wildman–Crippen LogP) is 1.39. The Labute approximate surface area is 139 Å². The minimum absolute atomic E-state index is 0.0835. The van der Waals surface area contributed by atoms with E-state index in [-0.39, 0.29) is 4.90 Å². The van der Waals surface area contributed by atoms with Crippen molar-refractivity contribution in [3.63, 3.8) is 0 Å². The Morgan fingerprint density at radius 2 is 1.62 bits per heavy atom. The smallest absolute Gasteiger partial charge is 0.337 e. The minimum atomic E-state index is -3.74. The molecule has 0 atom stereocenters. The number of hydrogen-bond acceptors (Lipinski definition) is 5. The van der Waals surface area contributed by atoms with Crippen molar-refractivity contribution in [3.05, 3.63) is 60.2 Å². The maximum atomic E-state index is 12.0. The number of rotatable bonds is 6. The Bertz CT molecular complexity index is 817. The summed E-state index contributed by atoms with van der Waals surface area (Å²) in [6, 6.07) is 13.8. The van der Waals surface area contributed by atoms with Crippen molar-refractivity contribution in [2.24, 2.45) is 0 Å². The molecule has 2 rings (SSSR count). The lowest BCUT2D eigenvalue weighted by molar-refractivity contribution is -0.115. The van der Waals surface area contributed by atoms with E-state index >= 15 is 0 Å². The monoisotopic (exact) mass is 348 g/mol. The standard InChI is InChI=1S/C16H16N2O5S/c1-23-16(20)12-7-9-13(10-8-12)18-15(19)11-17-24(21,22)14-5-3-2-4-6-14/h2-10,17H,11H2,1H3,(H,18,19). The molecule has 1 amide bonds. The zero-order valence-electron chi connectivity index (χ0n) is 12.9. The van der Waals surface area contributed by atoms with Crippen molar-refractivity contribution in [1.29, 1.82) is 0 Å². The van der Waals surface area contributed by atoms with Crippen LogP contribution in [-0.2, 0) is 19.6 Å². The molecule has 0 aromatic heterocycles. The predicted molar refractivity (Wildman–Crippen MR) is 88.0 cm³/mol. The summed E-state index contributed by atoms with van der Waals surface area (Å²) in [5.74, 6) is -1.01. The van der Waals surface area contributed by atoms with Gasteiger partial charge in [-0.1, -0.05) is 18.2 Å². The summed E-state index contributed by atoms with van der Waals surface area (Å²) in [6.07, 6.45) is 0. The summed E-state index contributed by atoms with van der Waals surface area (Å²) in [7, 11) is -2.47. The van der Waals surface area contributed by atoms with Crippen molar-refractivity contribution in [1.82, 2.24) is 4.72 Å². The second kappa shape index (κ2) is 7.71. The summed E-state index contributed by atoms with van der Waals surface area (Å²) >= 11 is 0. The average molecular weight is 348 g/mol. The van der Waals surface area contributed by atoms with Crippen molar-refractivity contribution in [2.75, 3.05) is 19.0 Å². The molecule has 2 N–H and O–H groups in total. The second-order valence-corrected chi connectivity index (χ2v) is 6.52. The van der Waals surface area contributed by atoms with Crippen molar-refractivity contribution in [2.45, 2.75) is 4.90 Å². The van der Waals surface area contributed by atoms with Gasteiger partial charge in [-0.05, 0) is 36.4 Å². The summed E-state index contributed by atoms with van der Waals surface area (Å²) in [5.41, 5.74) is 0.784. The van der Waals surface area contributed by atoms with Crippen LogP contribution in [0.15, 0.2) is 59.5 Å². The minimum Gasteiger partial charge on any atom is -0.465 e. The zero-order chi connectivity index (χ0) is 17.6. The van der Waals surface area contributed by atoms with Gasteiger partial charge in [0.05, 0.1) is 24.1 Å². The largest absolute Gasteiger partial charge is 0.465 e. The van der Waals surface area contributed by atoms with E-state index in [9.17, 15) is 18.0 Å². The van der Waals surface area contributed by atoms with Gasteiger partial charge >= 0.3 is 5.97 Å². The Hall–Kier alpha value is -2.71. The number of ether oxygens (including phenoxy) is 1. The molecule has 0 bridgehead atoms. The van der Waals surface area contributed by atoms with Crippen LogP contribution in [0, 0.1) is 0 Å². The number of hydrogen-bond donors (Lipinski definition) is 2. The van der Waals surface area contributed by atoms with Gasteiger partial charge in [-0.15, -0.1) is 0 Å². The van der Waals surface area contributed by atoms with Crippen LogP contribution in [0.5, 0.6) is 0 Å². The van der Waals surface area contributed by atoms with Gasteiger partial charge in [0.25, 0.3) is 0 Å². The lowest BCUT2D eigenvalue weighted by Gasteiger charge is -2.08. The topological polar surface area (TPSA) is 102 Å². The molecule has 7 nitrogen and oxygen atoms in total. The second-order valence-electron chi connectivity index (χ2n) is 4.75. The molecule has 0 saturated heterocycles. The molecule has 24 heavy (non-hydrogen) atoms. The van der Waals surface area contributed by atoms with Gasteiger partial charge < -0.3 is 10.1 Å². The third kappa shape index (κ3) is 4.64. The van der Waals surface area contributed by atoms with Gasteiger partial charge in [-0.2, -0.15) is 0 Å². The molecule has 0 radical (unpaired) electrons.